The summed E-state index contributed by atoms with van der Waals surface area (Å²) in [6.45, 7) is 2.27. The van der Waals surface area contributed by atoms with E-state index in [2.05, 4.69) is 17.1 Å². The van der Waals surface area contributed by atoms with Gasteiger partial charge in [0.1, 0.15) is 0 Å². The first-order valence-corrected chi connectivity index (χ1v) is 7.03. The lowest BCUT2D eigenvalue weighted by Crippen LogP contribution is -2.39. The minimum absolute atomic E-state index is 0.0612. The van der Waals surface area contributed by atoms with Gasteiger partial charge < -0.3 is 4.90 Å². The number of nitrogens with zero attached hydrogens (tertiary/aromatic N) is 3. The van der Waals surface area contributed by atoms with Crippen molar-refractivity contribution in [3.8, 4) is 0 Å². The normalized spacial score (nSPS) is 24.6. The van der Waals surface area contributed by atoms with Gasteiger partial charge in [-0.25, -0.2) is 0 Å². The summed E-state index contributed by atoms with van der Waals surface area (Å²) in [5.74, 6) is 0.722. The lowest BCUT2D eigenvalue weighted by molar-refractivity contribution is 0.0678. The first-order chi connectivity index (χ1) is 8.08. The third kappa shape index (κ3) is 2.96. The molecule has 0 bridgehead atoms. The summed E-state index contributed by atoms with van der Waals surface area (Å²) in [4.78, 5) is 13.9. The molecule has 1 aliphatic carbocycles. The molecule has 0 saturated heterocycles. The fourth-order valence-corrected chi connectivity index (χ4v) is 3.05. The predicted molar refractivity (Wildman–Crippen MR) is 68.4 cm³/mol. The molecular formula is C11H16ClN3OS. The molecule has 94 valence electrons. The van der Waals surface area contributed by atoms with Crippen LogP contribution < -0.4 is 0 Å². The van der Waals surface area contributed by atoms with Crippen LogP contribution in [0.1, 0.15) is 42.4 Å². The smallest absolute Gasteiger partial charge is 0.284 e. The Morgan fingerprint density at radius 2 is 2.00 bits per heavy atom. The number of rotatable bonds is 2. The van der Waals surface area contributed by atoms with Crippen molar-refractivity contribution in [3.05, 3.63) is 9.47 Å². The van der Waals surface area contributed by atoms with Crippen molar-refractivity contribution in [2.45, 2.75) is 38.6 Å². The minimum atomic E-state index is -0.0612. The summed E-state index contributed by atoms with van der Waals surface area (Å²) in [5.41, 5.74) is 0. The van der Waals surface area contributed by atoms with Crippen LogP contribution in [0.2, 0.25) is 4.47 Å². The molecule has 1 heterocycles. The van der Waals surface area contributed by atoms with E-state index >= 15 is 0 Å². The number of halogens is 1. The van der Waals surface area contributed by atoms with Gasteiger partial charge in [-0.05, 0) is 43.2 Å². The van der Waals surface area contributed by atoms with Crippen LogP contribution >= 0.6 is 22.9 Å². The van der Waals surface area contributed by atoms with Crippen molar-refractivity contribution in [1.82, 2.24) is 15.1 Å². The molecular weight excluding hydrogens is 258 g/mol. The highest BCUT2D eigenvalue weighted by atomic mass is 35.5. The first-order valence-electron chi connectivity index (χ1n) is 5.84. The molecule has 1 aromatic rings. The summed E-state index contributed by atoms with van der Waals surface area (Å²) in [5, 5.41) is 7.84. The Balaban J connectivity index is 2.00. The van der Waals surface area contributed by atoms with Crippen LogP contribution in [0.5, 0.6) is 0 Å². The zero-order valence-corrected chi connectivity index (χ0v) is 11.6. The second-order valence-electron chi connectivity index (χ2n) is 4.69. The lowest BCUT2D eigenvalue weighted by atomic mass is 9.87. The number of amides is 1. The third-order valence-electron chi connectivity index (χ3n) is 3.44. The van der Waals surface area contributed by atoms with Crippen LogP contribution in [-0.4, -0.2) is 34.1 Å². The molecule has 0 spiro atoms. The molecule has 1 aliphatic rings. The second-order valence-corrected chi connectivity index (χ2v) is 6.25. The fraction of sp³-hybridized carbons (Fsp3) is 0.727. The van der Waals surface area contributed by atoms with E-state index in [9.17, 15) is 4.79 Å². The number of aromatic nitrogens is 2. The predicted octanol–water partition coefficient (Wildman–Crippen LogP) is 2.84. The third-order valence-corrected chi connectivity index (χ3v) is 4.44. The number of hydrogen-bond acceptors (Lipinski definition) is 4. The van der Waals surface area contributed by atoms with E-state index in [0.717, 1.165) is 30.1 Å². The molecule has 1 amide bonds. The van der Waals surface area contributed by atoms with Crippen LogP contribution in [0.4, 0.5) is 0 Å². The highest BCUT2D eigenvalue weighted by Crippen LogP contribution is 2.27. The Morgan fingerprint density at radius 3 is 2.53 bits per heavy atom. The van der Waals surface area contributed by atoms with Gasteiger partial charge in [0.05, 0.1) is 0 Å². The highest BCUT2D eigenvalue weighted by Gasteiger charge is 2.27. The summed E-state index contributed by atoms with van der Waals surface area (Å²) >= 11 is 6.83. The van der Waals surface area contributed by atoms with Gasteiger partial charge in [0, 0.05) is 13.1 Å². The van der Waals surface area contributed by atoms with Crippen LogP contribution in [0.3, 0.4) is 0 Å². The van der Waals surface area contributed by atoms with Crippen LogP contribution in [0.25, 0.3) is 0 Å². The topological polar surface area (TPSA) is 46.1 Å². The Hall–Kier alpha value is -0.680. The molecule has 1 saturated carbocycles. The maximum Gasteiger partial charge on any atom is 0.284 e. The van der Waals surface area contributed by atoms with E-state index in [1.807, 2.05) is 7.05 Å². The van der Waals surface area contributed by atoms with Crippen molar-refractivity contribution in [1.29, 1.82) is 0 Å². The molecule has 4 nitrogen and oxygen atoms in total. The van der Waals surface area contributed by atoms with Crippen LogP contribution in [0, 0.1) is 5.92 Å². The second kappa shape index (κ2) is 5.31. The summed E-state index contributed by atoms with van der Waals surface area (Å²) < 4.78 is 0.319. The van der Waals surface area contributed by atoms with Gasteiger partial charge in [0.25, 0.3) is 5.91 Å². The van der Waals surface area contributed by atoms with E-state index in [-0.39, 0.29) is 5.91 Å². The molecule has 0 aromatic carbocycles. The van der Waals surface area contributed by atoms with Gasteiger partial charge in [-0.3, -0.25) is 4.79 Å². The maximum atomic E-state index is 12.1. The van der Waals surface area contributed by atoms with Crippen LogP contribution in [-0.2, 0) is 0 Å². The van der Waals surface area contributed by atoms with Crippen molar-refractivity contribution < 1.29 is 4.79 Å². The van der Waals surface area contributed by atoms with Gasteiger partial charge in [-0.1, -0.05) is 18.3 Å². The first kappa shape index (κ1) is 12.8. The van der Waals surface area contributed by atoms with Crippen molar-refractivity contribution in [2.75, 3.05) is 7.05 Å². The summed E-state index contributed by atoms with van der Waals surface area (Å²) in [6, 6.07) is 0.335. The van der Waals surface area contributed by atoms with E-state index < -0.39 is 0 Å². The van der Waals surface area contributed by atoms with E-state index in [0.29, 0.717) is 15.5 Å². The van der Waals surface area contributed by atoms with Gasteiger partial charge in [0.15, 0.2) is 0 Å². The molecule has 1 fully saturated rings. The Kier molecular flexibility index (Phi) is 3.99. The van der Waals surface area contributed by atoms with Gasteiger partial charge >= 0.3 is 0 Å². The minimum Gasteiger partial charge on any atom is -0.337 e. The monoisotopic (exact) mass is 273 g/mol. The molecule has 0 N–H and O–H groups in total. The Bertz CT molecular complexity index is 401. The molecule has 1 aromatic heterocycles. The Labute approximate surface area is 110 Å². The molecule has 0 aliphatic heterocycles. The quantitative estimate of drug-likeness (QED) is 0.832. The van der Waals surface area contributed by atoms with Gasteiger partial charge in [-0.15, -0.1) is 10.2 Å². The highest BCUT2D eigenvalue weighted by molar-refractivity contribution is 7.17. The summed E-state index contributed by atoms with van der Waals surface area (Å²) in [6.07, 6.45) is 4.55. The van der Waals surface area contributed by atoms with Crippen LogP contribution in [0.15, 0.2) is 0 Å². The zero-order chi connectivity index (χ0) is 12.4. The van der Waals surface area contributed by atoms with E-state index in [1.54, 1.807) is 4.90 Å². The molecule has 0 unspecified atom stereocenters. The number of hydrogen-bond donors (Lipinski definition) is 0. The Morgan fingerprint density at radius 1 is 1.35 bits per heavy atom. The van der Waals surface area contributed by atoms with Gasteiger partial charge in [-0.2, -0.15) is 0 Å². The van der Waals surface area contributed by atoms with E-state index in [4.69, 9.17) is 11.6 Å². The van der Waals surface area contributed by atoms with E-state index in [1.165, 1.54) is 12.8 Å². The molecule has 6 heteroatoms. The zero-order valence-electron chi connectivity index (χ0n) is 10.0. The van der Waals surface area contributed by atoms with Gasteiger partial charge in [0.2, 0.25) is 9.47 Å². The molecule has 0 atom stereocenters. The average molecular weight is 274 g/mol. The lowest BCUT2D eigenvalue weighted by Gasteiger charge is -2.33. The SMILES string of the molecule is CC1CCC(N(C)C(=O)c2nnc(Cl)s2)CC1. The fourth-order valence-electron chi connectivity index (χ4n) is 2.24. The number of carbonyl (C=O) groups excluding carboxylic acids is 1. The summed E-state index contributed by atoms with van der Waals surface area (Å²) in [7, 11) is 1.85. The largest absolute Gasteiger partial charge is 0.337 e. The van der Waals surface area contributed by atoms with Crippen molar-refractivity contribution >= 4 is 28.8 Å². The molecule has 0 radical (unpaired) electrons. The maximum absolute atomic E-state index is 12.1. The molecule has 2 rings (SSSR count). The average Bonchev–Trinajstić information content (AvgIpc) is 2.75. The van der Waals surface area contributed by atoms with Crippen molar-refractivity contribution in [3.63, 3.8) is 0 Å². The standard InChI is InChI=1S/C11H16ClN3OS/c1-7-3-5-8(6-4-7)15(2)10(16)9-13-14-11(12)17-9/h7-8H,3-6H2,1-2H3. The molecule has 17 heavy (non-hydrogen) atoms. The van der Waals surface area contributed by atoms with Crippen molar-refractivity contribution in [2.24, 2.45) is 5.92 Å². The number of carbonyl (C=O) groups is 1.